The Hall–Kier alpha value is -0.660. The summed E-state index contributed by atoms with van der Waals surface area (Å²) in [5.74, 6) is -0.637. The molecular formula is C11H22N2O4S. The Balaban J connectivity index is 2.45. The fraction of sp³-hybridized carbons (Fsp3) is 0.909. The number of carbonyl (C=O) groups is 1. The normalized spacial score (nSPS) is 18.6. The molecule has 0 heterocycles. The Morgan fingerprint density at radius 2 is 1.94 bits per heavy atom. The van der Waals surface area contributed by atoms with Gasteiger partial charge in [0.1, 0.15) is 0 Å². The highest BCUT2D eigenvalue weighted by molar-refractivity contribution is 7.87. The number of rotatable bonds is 8. The fourth-order valence-corrected chi connectivity index (χ4v) is 3.14. The number of hydrogen-bond donors (Lipinski definition) is 3. The van der Waals surface area contributed by atoms with Crippen molar-refractivity contribution in [3.8, 4) is 0 Å². The zero-order valence-electron chi connectivity index (χ0n) is 10.9. The lowest BCUT2D eigenvalue weighted by Crippen LogP contribution is -2.47. The van der Waals surface area contributed by atoms with E-state index in [1.807, 2.05) is 13.8 Å². The van der Waals surface area contributed by atoms with Gasteiger partial charge in [-0.25, -0.2) is 9.44 Å². The second-order valence-electron chi connectivity index (χ2n) is 5.49. The van der Waals surface area contributed by atoms with Crippen molar-refractivity contribution in [3.63, 3.8) is 0 Å². The number of aliphatic carboxylic acids is 1. The summed E-state index contributed by atoms with van der Waals surface area (Å²) >= 11 is 0. The van der Waals surface area contributed by atoms with Gasteiger partial charge in [0.25, 0.3) is 10.2 Å². The second-order valence-corrected chi connectivity index (χ2v) is 7.08. The number of carboxylic acids is 1. The minimum absolute atomic E-state index is 0.0275. The van der Waals surface area contributed by atoms with Crippen LogP contribution in [0, 0.1) is 11.3 Å². The molecule has 1 aliphatic carbocycles. The van der Waals surface area contributed by atoms with E-state index in [4.69, 9.17) is 5.11 Å². The zero-order valence-corrected chi connectivity index (χ0v) is 11.7. The Kier molecular flexibility index (Phi) is 5.12. The molecule has 0 bridgehead atoms. The van der Waals surface area contributed by atoms with Gasteiger partial charge in [-0.05, 0) is 24.2 Å². The van der Waals surface area contributed by atoms with Crippen LogP contribution in [0.1, 0.15) is 39.5 Å². The number of hydrogen-bond acceptors (Lipinski definition) is 3. The molecule has 0 saturated heterocycles. The second kappa shape index (κ2) is 5.99. The van der Waals surface area contributed by atoms with Gasteiger partial charge < -0.3 is 5.11 Å². The summed E-state index contributed by atoms with van der Waals surface area (Å²) in [5, 5.41) is 8.83. The quantitative estimate of drug-likeness (QED) is 0.609. The molecular weight excluding hydrogens is 256 g/mol. The van der Waals surface area contributed by atoms with Crippen molar-refractivity contribution in [2.24, 2.45) is 11.3 Å². The molecule has 6 nitrogen and oxygen atoms in total. The molecule has 0 aliphatic heterocycles. The summed E-state index contributed by atoms with van der Waals surface area (Å²) in [6.07, 6.45) is 2.53. The topological polar surface area (TPSA) is 95.5 Å². The van der Waals surface area contributed by atoms with Crippen LogP contribution in [-0.2, 0) is 15.0 Å². The highest BCUT2D eigenvalue weighted by Crippen LogP contribution is 2.43. The Labute approximate surface area is 108 Å². The third-order valence-electron chi connectivity index (χ3n) is 3.26. The van der Waals surface area contributed by atoms with Gasteiger partial charge >= 0.3 is 5.97 Å². The van der Waals surface area contributed by atoms with Crippen LogP contribution in [0.2, 0.25) is 0 Å². The molecule has 7 heteroatoms. The van der Waals surface area contributed by atoms with Gasteiger partial charge in [0.15, 0.2) is 0 Å². The van der Waals surface area contributed by atoms with Gasteiger partial charge in [0.05, 0.1) is 6.42 Å². The molecule has 0 aromatic carbocycles. The van der Waals surface area contributed by atoms with Gasteiger partial charge in [-0.1, -0.05) is 20.3 Å². The molecule has 0 aromatic rings. The lowest BCUT2D eigenvalue weighted by molar-refractivity contribution is -0.141. The van der Waals surface area contributed by atoms with Crippen LogP contribution in [0.15, 0.2) is 0 Å². The van der Waals surface area contributed by atoms with E-state index in [0.29, 0.717) is 6.54 Å². The van der Waals surface area contributed by atoms with E-state index >= 15 is 0 Å². The predicted molar refractivity (Wildman–Crippen MR) is 68.3 cm³/mol. The van der Waals surface area contributed by atoms with Crippen LogP contribution in [0.3, 0.4) is 0 Å². The molecule has 18 heavy (non-hydrogen) atoms. The summed E-state index contributed by atoms with van der Waals surface area (Å²) < 4.78 is 28.2. The lowest BCUT2D eigenvalue weighted by Gasteiger charge is -2.40. The van der Waals surface area contributed by atoms with E-state index in [1.165, 1.54) is 0 Å². The summed E-state index contributed by atoms with van der Waals surface area (Å²) in [5.41, 5.74) is -0.390. The standard InChI is InChI=1S/C11H22N2O4S/c1-9(2)7-12-18(16,17)13-8-11(4-3-5-11)6-10(14)15/h9,12-13H,3-8H2,1-2H3,(H,14,15). The van der Waals surface area contributed by atoms with Crippen molar-refractivity contribution in [2.75, 3.05) is 13.1 Å². The zero-order chi connectivity index (χ0) is 13.8. The van der Waals surface area contributed by atoms with Gasteiger partial charge in [-0.3, -0.25) is 4.79 Å². The molecule has 1 aliphatic rings. The smallest absolute Gasteiger partial charge is 0.303 e. The third kappa shape index (κ3) is 4.91. The van der Waals surface area contributed by atoms with Gasteiger partial charge in [0.2, 0.25) is 0 Å². The monoisotopic (exact) mass is 278 g/mol. The van der Waals surface area contributed by atoms with Crippen molar-refractivity contribution in [1.29, 1.82) is 0 Å². The number of carboxylic acid groups (broad SMARTS) is 1. The molecule has 0 unspecified atom stereocenters. The highest BCUT2D eigenvalue weighted by atomic mass is 32.2. The molecule has 0 atom stereocenters. The van der Waals surface area contributed by atoms with Crippen LogP contribution in [0.5, 0.6) is 0 Å². The van der Waals surface area contributed by atoms with E-state index < -0.39 is 21.6 Å². The summed E-state index contributed by atoms with van der Waals surface area (Å²) in [7, 11) is -3.51. The summed E-state index contributed by atoms with van der Waals surface area (Å²) in [4.78, 5) is 10.8. The van der Waals surface area contributed by atoms with Crippen molar-refractivity contribution >= 4 is 16.2 Å². The van der Waals surface area contributed by atoms with Crippen LogP contribution < -0.4 is 9.44 Å². The maximum Gasteiger partial charge on any atom is 0.303 e. The molecule has 0 radical (unpaired) electrons. The molecule has 1 rings (SSSR count). The van der Waals surface area contributed by atoms with E-state index in [-0.39, 0.29) is 18.9 Å². The molecule has 0 amide bonds. The van der Waals surface area contributed by atoms with Crippen LogP contribution in [0.25, 0.3) is 0 Å². The van der Waals surface area contributed by atoms with Gasteiger partial charge in [0, 0.05) is 13.1 Å². The SMILES string of the molecule is CC(C)CNS(=O)(=O)NCC1(CC(=O)O)CCC1. The number of nitrogens with one attached hydrogen (secondary N) is 2. The van der Waals surface area contributed by atoms with E-state index in [1.54, 1.807) is 0 Å². The minimum Gasteiger partial charge on any atom is -0.481 e. The first-order chi connectivity index (χ1) is 8.25. The summed E-state index contributed by atoms with van der Waals surface area (Å²) in [6.45, 7) is 4.41. The average Bonchev–Trinajstić information content (AvgIpc) is 2.19. The lowest BCUT2D eigenvalue weighted by atomic mass is 9.67. The molecule has 3 N–H and O–H groups in total. The van der Waals surface area contributed by atoms with Crippen molar-refractivity contribution in [3.05, 3.63) is 0 Å². The first-order valence-electron chi connectivity index (χ1n) is 6.21. The minimum atomic E-state index is -3.51. The predicted octanol–water partition coefficient (Wildman–Crippen LogP) is 0.711. The van der Waals surface area contributed by atoms with Crippen molar-refractivity contribution in [2.45, 2.75) is 39.5 Å². The Bertz CT molecular complexity index is 388. The summed E-state index contributed by atoms with van der Waals surface area (Å²) in [6, 6.07) is 0. The molecule has 0 aromatic heterocycles. The maximum atomic E-state index is 11.6. The fourth-order valence-electron chi connectivity index (χ4n) is 1.99. The molecule has 0 spiro atoms. The Morgan fingerprint density at radius 3 is 2.33 bits per heavy atom. The average molecular weight is 278 g/mol. The highest BCUT2D eigenvalue weighted by Gasteiger charge is 2.39. The Morgan fingerprint density at radius 1 is 1.33 bits per heavy atom. The molecule has 1 fully saturated rings. The largest absolute Gasteiger partial charge is 0.481 e. The van der Waals surface area contributed by atoms with E-state index in [0.717, 1.165) is 19.3 Å². The molecule has 106 valence electrons. The van der Waals surface area contributed by atoms with Gasteiger partial charge in [-0.2, -0.15) is 8.42 Å². The third-order valence-corrected chi connectivity index (χ3v) is 4.33. The van der Waals surface area contributed by atoms with Crippen molar-refractivity contribution in [1.82, 2.24) is 9.44 Å². The van der Waals surface area contributed by atoms with Crippen LogP contribution in [0.4, 0.5) is 0 Å². The van der Waals surface area contributed by atoms with Crippen LogP contribution >= 0.6 is 0 Å². The van der Waals surface area contributed by atoms with E-state index in [9.17, 15) is 13.2 Å². The maximum absolute atomic E-state index is 11.6. The first-order valence-corrected chi connectivity index (χ1v) is 7.69. The first kappa shape index (κ1) is 15.4. The van der Waals surface area contributed by atoms with Gasteiger partial charge in [-0.15, -0.1) is 0 Å². The van der Waals surface area contributed by atoms with Crippen molar-refractivity contribution < 1.29 is 18.3 Å². The molecule has 1 saturated carbocycles. The van der Waals surface area contributed by atoms with E-state index in [2.05, 4.69) is 9.44 Å². The van der Waals surface area contributed by atoms with Crippen LogP contribution in [-0.4, -0.2) is 32.6 Å².